The first-order chi connectivity index (χ1) is 27.0. The van der Waals surface area contributed by atoms with Crippen molar-refractivity contribution in [1.82, 2.24) is 0 Å². The third-order valence-corrected chi connectivity index (χ3v) is 11.3. The summed E-state index contributed by atoms with van der Waals surface area (Å²) in [6.45, 7) is 12.5. The summed E-state index contributed by atoms with van der Waals surface area (Å²) in [5, 5.41) is 0. The van der Waals surface area contributed by atoms with Crippen LogP contribution in [0.1, 0.15) is 155 Å². The molecule has 2 aliphatic heterocycles. The number of nitrogens with two attached hydrogens (primary N) is 1. The van der Waals surface area contributed by atoms with Crippen LogP contribution in [0, 0.1) is 0 Å². The zero-order valence-corrected chi connectivity index (χ0v) is 34.7. The highest BCUT2D eigenvalue weighted by Crippen LogP contribution is 2.40. The van der Waals surface area contributed by atoms with Gasteiger partial charge in [0, 0.05) is 0 Å². The van der Waals surface area contributed by atoms with Gasteiger partial charge in [-0.05, 0) is 144 Å². The minimum absolute atomic E-state index is 0.0407. The number of carbonyl (C=O) groups excluding carboxylic acids is 4. The number of hydrogen-bond acceptors (Lipinski definition) is 8. The van der Waals surface area contributed by atoms with E-state index < -0.39 is 11.9 Å². The van der Waals surface area contributed by atoms with Crippen LogP contribution in [0.15, 0.2) is 60.7 Å². The maximum atomic E-state index is 13.2. The number of esters is 2. The number of carbonyl (C=O) groups is 4. The number of anilines is 2. The molecule has 2 amide bonds. The second-order valence-corrected chi connectivity index (χ2v) is 17.4. The lowest BCUT2D eigenvalue weighted by molar-refractivity contribution is 0.0443. The van der Waals surface area contributed by atoms with Crippen molar-refractivity contribution in [1.29, 1.82) is 0 Å². The van der Waals surface area contributed by atoms with Gasteiger partial charge in [0.1, 0.15) is 11.5 Å². The summed E-state index contributed by atoms with van der Waals surface area (Å²) in [5.74, 6) is -0.210. The Bertz CT molecular complexity index is 2220. The van der Waals surface area contributed by atoms with E-state index in [0.29, 0.717) is 33.7 Å². The lowest BCUT2D eigenvalue weighted by Crippen LogP contribution is -2.30. The van der Waals surface area contributed by atoms with Gasteiger partial charge in [-0.25, -0.2) is 14.5 Å². The predicted molar refractivity (Wildman–Crippen MR) is 224 cm³/mol. The van der Waals surface area contributed by atoms with E-state index >= 15 is 0 Å². The molecule has 0 radical (unpaired) electrons. The van der Waals surface area contributed by atoms with Crippen LogP contribution < -0.4 is 20.1 Å². The number of nitrogen functional groups attached to an aromatic ring is 1. The maximum absolute atomic E-state index is 13.2. The molecule has 0 fully saturated rings. The first-order valence-corrected chi connectivity index (χ1v) is 20.1. The Morgan fingerprint density at radius 1 is 0.526 bits per heavy atom. The molecule has 8 rings (SSSR count). The van der Waals surface area contributed by atoms with Gasteiger partial charge in [-0.1, -0.05) is 66.5 Å². The lowest BCUT2D eigenvalue weighted by atomic mass is 9.85. The Morgan fingerprint density at radius 2 is 0.965 bits per heavy atom. The van der Waals surface area contributed by atoms with E-state index in [1.165, 1.54) is 65.7 Å². The van der Waals surface area contributed by atoms with Crippen LogP contribution in [0.4, 0.5) is 11.4 Å². The molecular weight excluding hydrogens is 717 g/mol. The molecule has 0 spiro atoms. The van der Waals surface area contributed by atoms with E-state index in [0.717, 1.165) is 48.2 Å². The summed E-state index contributed by atoms with van der Waals surface area (Å²) in [7, 11) is 3.27. The molecule has 2 N–H and O–H groups in total. The van der Waals surface area contributed by atoms with Gasteiger partial charge in [-0.2, -0.15) is 0 Å². The largest absolute Gasteiger partial charge is 0.495 e. The first-order valence-electron chi connectivity index (χ1n) is 20.1. The Morgan fingerprint density at radius 3 is 1.49 bits per heavy atom. The topological polar surface area (TPSA) is 125 Å². The van der Waals surface area contributed by atoms with Crippen LogP contribution in [0.3, 0.4) is 0 Å². The quantitative estimate of drug-likeness (QED) is 0.0718. The average molecular weight is 773 g/mol. The summed E-state index contributed by atoms with van der Waals surface area (Å²) < 4.78 is 15.3. The number of fused-ring (bicyclic) bond motifs is 4. The minimum atomic E-state index is -0.546. The molecule has 2 aliphatic carbocycles. The van der Waals surface area contributed by atoms with Gasteiger partial charge in [0.25, 0.3) is 11.8 Å². The van der Waals surface area contributed by atoms with Crippen LogP contribution in [-0.4, -0.2) is 38.0 Å². The van der Waals surface area contributed by atoms with Crippen LogP contribution >= 0.6 is 0 Å². The molecule has 0 bridgehead atoms. The van der Waals surface area contributed by atoms with E-state index in [1.54, 1.807) is 32.4 Å². The molecule has 0 saturated heterocycles. The van der Waals surface area contributed by atoms with E-state index in [9.17, 15) is 19.2 Å². The van der Waals surface area contributed by atoms with Crippen molar-refractivity contribution in [2.75, 3.05) is 24.9 Å². The number of rotatable bonds is 3. The Hall–Kier alpha value is -5.44. The summed E-state index contributed by atoms with van der Waals surface area (Å²) >= 11 is 0. The molecule has 0 unspecified atom stereocenters. The van der Waals surface area contributed by atoms with Gasteiger partial charge in [0.15, 0.2) is 0 Å². The van der Waals surface area contributed by atoms with Crippen molar-refractivity contribution in [2.45, 2.75) is 117 Å². The van der Waals surface area contributed by atoms with Gasteiger partial charge in [-0.3, -0.25) is 9.59 Å². The summed E-state index contributed by atoms with van der Waals surface area (Å²) in [4.78, 5) is 50.2. The molecule has 4 aliphatic rings. The van der Waals surface area contributed by atoms with E-state index in [1.807, 2.05) is 30.3 Å². The molecule has 4 aromatic rings. The number of ether oxygens (including phenoxy) is 3. The fourth-order valence-electron chi connectivity index (χ4n) is 7.88. The maximum Gasteiger partial charge on any atom is 0.346 e. The van der Waals surface area contributed by atoms with Gasteiger partial charge in [-0.15, -0.1) is 0 Å². The van der Waals surface area contributed by atoms with Crippen molar-refractivity contribution in [3.63, 3.8) is 0 Å². The number of imide groups is 1. The molecule has 4 aromatic carbocycles. The van der Waals surface area contributed by atoms with E-state index in [-0.39, 0.29) is 22.6 Å². The van der Waals surface area contributed by atoms with Crippen molar-refractivity contribution in [3.8, 4) is 11.5 Å². The molecule has 0 atom stereocenters. The number of nitrogens with zero attached hydrogens (tertiary/aromatic N) is 1. The Kier molecular flexibility index (Phi) is 12.0. The molecule has 2 heterocycles. The van der Waals surface area contributed by atoms with Gasteiger partial charge < -0.3 is 19.9 Å². The summed E-state index contributed by atoms with van der Waals surface area (Å²) in [5.41, 5.74) is 16.2. The van der Waals surface area contributed by atoms with E-state index in [4.69, 9.17) is 15.2 Å². The molecule has 57 heavy (non-hydrogen) atoms. The number of aryl methyl sites for hydroxylation is 4. The fraction of sp³-hybridized carbons (Fsp3) is 0.417. The highest BCUT2D eigenvalue weighted by atomic mass is 16.6. The smallest absolute Gasteiger partial charge is 0.346 e. The van der Waals surface area contributed by atoms with Crippen LogP contribution in [0.2, 0.25) is 0 Å². The predicted octanol–water partition coefficient (Wildman–Crippen LogP) is 9.90. The molecule has 0 aromatic heterocycles. The number of cyclic esters (lactones) is 2. The molecule has 300 valence electrons. The van der Waals surface area contributed by atoms with Gasteiger partial charge >= 0.3 is 11.9 Å². The zero-order chi connectivity index (χ0) is 41.2. The van der Waals surface area contributed by atoms with Crippen LogP contribution in [-0.2, 0) is 41.3 Å². The standard InChI is InChI=1S/C24H27NO3.C12H17NO.C12H12O3/c1-24(2,3)17-10-11-18-19(14-17)23(27)25(22(18)26)20-12-15-8-6-5-7-9-16(15)13-21(20)28-4;1-14-12-8-10-6-4-2-3-5-9(10)7-11(12)13;1-12(2,3)7-4-5-8-9(6-7)11(14)15-10(8)13/h10-14H,5-9H2,1-4H3;7-8H,2-6,13H2,1H3;4-6H,1-3H3. The van der Waals surface area contributed by atoms with Gasteiger partial charge in [0.05, 0.1) is 47.8 Å². The third-order valence-electron chi connectivity index (χ3n) is 11.3. The lowest BCUT2D eigenvalue weighted by Gasteiger charge is -2.20. The zero-order valence-electron chi connectivity index (χ0n) is 34.7. The average Bonchev–Trinajstić information content (AvgIpc) is 3.37. The van der Waals surface area contributed by atoms with Gasteiger partial charge in [0.2, 0.25) is 0 Å². The third kappa shape index (κ3) is 8.78. The van der Waals surface area contributed by atoms with Crippen LogP contribution in [0.25, 0.3) is 0 Å². The first kappa shape index (κ1) is 41.2. The van der Waals surface area contributed by atoms with Crippen molar-refractivity contribution in [2.24, 2.45) is 0 Å². The number of methoxy groups -OCH3 is 2. The highest BCUT2D eigenvalue weighted by Gasteiger charge is 2.39. The number of benzene rings is 4. The minimum Gasteiger partial charge on any atom is -0.495 e. The summed E-state index contributed by atoms with van der Waals surface area (Å²) in [6.07, 6.45) is 11.8. The number of hydrogen-bond donors (Lipinski definition) is 1. The Labute approximate surface area is 336 Å². The molecular formula is C48H56N2O7. The van der Waals surface area contributed by atoms with Crippen molar-refractivity contribution >= 4 is 35.1 Å². The SMILES string of the molecule is CC(C)(C)c1ccc2c(c1)C(=O)OC2=O.COc1cc2c(cc1N)CCCCC2.COc1cc2c(cc1N1C(=O)c3ccc(C(C)(C)C)cc3C1=O)CCCCC2. The molecule has 0 saturated carbocycles. The highest BCUT2D eigenvalue weighted by molar-refractivity contribution is 6.35. The normalized spacial score (nSPS) is 16.0. The Balaban J connectivity index is 0.000000159. The fourth-order valence-corrected chi connectivity index (χ4v) is 7.88. The van der Waals surface area contributed by atoms with Crippen molar-refractivity contribution in [3.05, 3.63) is 116 Å². The molecule has 9 nitrogen and oxygen atoms in total. The van der Waals surface area contributed by atoms with Crippen molar-refractivity contribution < 1.29 is 33.4 Å². The molecule has 9 heteroatoms. The summed E-state index contributed by atoms with van der Waals surface area (Å²) in [6, 6.07) is 19.0. The number of amides is 2. The monoisotopic (exact) mass is 772 g/mol. The van der Waals surface area contributed by atoms with E-state index in [2.05, 4.69) is 58.4 Å². The second kappa shape index (κ2) is 16.6. The van der Waals surface area contributed by atoms with Crippen LogP contribution in [0.5, 0.6) is 11.5 Å². The second-order valence-electron chi connectivity index (χ2n) is 17.4.